The number of β-amino-alcohol motifs (C(OH)–C–C–N with tert-alkyl or cyclic N) is 1. The molecule has 20 heavy (non-hydrogen) atoms. The van der Waals surface area contributed by atoms with Crippen molar-refractivity contribution in [2.75, 3.05) is 32.7 Å². The number of piperazine rings is 1. The lowest BCUT2D eigenvalue weighted by Crippen LogP contribution is -2.55. The number of hydrogen-bond acceptors (Lipinski definition) is 3. The second-order valence-electron chi connectivity index (χ2n) is 5.98. The third-order valence-electron chi connectivity index (χ3n) is 4.62. The first kappa shape index (κ1) is 14.0. The topological polar surface area (TPSA) is 26.7 Å². The summed E-state index contributed by atoms with van der Waals surface area (Å²) in [6.45, 7) is 4.81. The second kappa shape index (κ2) is 6.20. The van der Waals surface area contributed by atoms with Crippen LogP contribution in [0.2, 0.25) is 0 Å². The van der Waals surface area contributed by atoms with Crippen LogP contribution in [0.25, 0.3) is 0 Å². The van der Waals surface area contributed by atoms with Gasteiger partial charge in [-0.2, -0.15) is 0 Å². The van der Waals surface area contributed by atoms with Gasteiger partial charge in [0.25, 0.3) is 0 Å². The summed E-state index contributed by atoms with van der Waals surface area (Å²) in [6.07, 6.45) is 3.15. The second-order valence-corrected chi connectivity index (χ2v) is 5.98. The van der Waals surface area contributed by atoms with Gasteiger partial charge in [0, 0.05) is 37.8 Å². The number of aliphatic hydroxyl groups excluding tert-OH is 1. The Bertz CT molecular complexity index is 454. The minimum Gasteiger partial charge on any atom is -0.387 e. The van der Waals surface area contributed by atoms with Gasteiger partial charge in [-0.05, 0) is 25.5 Å². The number of benzene rings is 1. The smallest absolute Gasteiger partial charge is 0.129 e. The average Bonchev–Trinajstić information content (AvgIpc) is 2.47. The maximum Gasteiger partial charge on any atom is 0.129 e. The van der Waals surface area contributed by atoms with E-state index in [1.54, 1.807) is 18.2 Å². The summed E-state index contributed by atoms with van der Waals surface area (Å²) in [5.41, 5.74) is 0.415. The third kappa shape index (κ3) is 3.03. The first-order chi connectivity index (χ1) is 9.74. The van der Waals surface area contributed by atoms with E-state index in [0.29, 0.717) is 18.2 Å². The number of nitrogens with zero attached hydrogens (tertiary/aromatic N) is 2. The van der Waals surface area contributed by atoms with Gasteiger partial charge in [-0.25, -0.2) is 4.39 Å². The molecule has 1 aromatic rings. The molecule has 3 nitrogen and oxygen atoms in total. The van der Waals surface area contributed by atoms with Gasteiger partial charge >= 0.3 is 0 Å². The number of hydrogen-bond donors (Lipinski definition) is 1. The Hall–Kier alpha value is -0.970. The van der Waals surface area contributed by atoms with Crippen LogP contribution in [0.3, 0.4) is 0 Å². The largest absolute Gasteiger partial charge is 0.387 e. The van der Waals surface area contributed by atoms with E-state index >= 15 is 0 Å². The molecule has 2 unspecified atom stereocenters. The van der Waals surface area contributed by atoms with E-state index in [2.05, 4.69) is 9.80 Å². The highest BCUT2D eigenvalue weighted by Crippen LogP contribution is 2.23. The molecule has 0 aromatic heterocycles. The average molecular weight is 278 g/mol. The molecule has 0 saturated carbocycles. The van der Waals surface area contributed by atoms with Crippen LogP contribution in [0.1, 0.15) is 30.9 Å². The molecule has 2 saturated heterocycles. The molecule has 2 aliphatic rings. The first-order valence-corrected chi connectivity index (χ1v) is 7.63. The van der Waals surface area contributed by atoms with Gasteiger partial charge in [0.15, 0.2) is 0 Å². The summed E-state index contributed by atoms with van der Waals surface area (Å²) in [4.78, 5) is 4.85. The minimum atomic E-state index is -0.730. The molecule has 3 rings (SSSR count). The Balaban J connectivity index is 1.59. The molecule has 1 N–H and O–H groups in total. The van der Waals surface area contributed by atoms with Gasteiger partial charge in [0.1, 0.15) is 5.82 Å². The maximum absolute atomic E-state index is 13.7. The predicted octanol–water partition coefficient (Wildman–Crippen LogP) is 2.03. The van der Waals surface area contributed by atoms with Crippen LogP contribution in [0.15, 0.2) is 24.3 Å². The van der Waals surface area contributed by atoms with Crippen LogP contribution in [0.5, 0.6) is 0 Å². The van der Waals surface area contributed by atoms with Crippen LogP contribution >= 0.6 is 0 Å². The highest BCUT2D eigenvalue weighted by molar-refractivity contribution is 5.20. The molecular formula is C16H23FN2O. The molecule has 0 spiro atoms. The van der Waals surface area contributed by atoms with Crippen LogP contribution in [-0.4, -0.2) is 53.7 Å². The Morgan fingerprint density at radius 2 is 2.05 bits per heavy atom. The molecule has 2 heterocycles. The maximum atomic E-state index is 13.7. The fourth-order valence-corrected chi connectivity index (χ4v) is 3.47. The third-order valence-corrected chi connectivity index (χ3v) is 4.62. The Morgan fingerprint density at radius 1 is 1.20 bits per heavy atom. The van der Waals surface area contributed by atoms with Crippen molar-refractivity contribution in [2.24, 2.45) is 0 Å². The molecule has 0 bridgehead atoms. The monoisotopic (exact) mass is 278 g/mol. The molecular weight excluding hydrogens is 255 g/mol. The van der Waals surface area contributed by atoms with Crippen molar-refractivity contribution in [3.8, 4) is 0 Å². The summed E-state index contributed by atoms with van der Waals surface area (Å²) < 4.78 is 13.7. The zero-order chi connectivity index (χ0) is 13.9. The van der Waals surface area contributed by atoms with E-state index < -0.39 is 6.10 Å². The van der Waals surface area contributed by atoms with Crippen molar-refractivity contribution in [1.29, 1.82) is 0 Å². The van der Waals surface area contributed by atoms with Crippen LogP contribution < -0.4 is 0 Å². The summed E-state index contributed by atoms with van der Waals surface area (Å²) in [5, 5.41) is 10.3. The van der Waals surface area contributed by atoms with Gasteiger partial charge in [0.05, 0.1) is 6.10 Å². The summed E-state index contributed by atoms with van der Waals surface area (Å²) in [6, 6.07) is 7.16. The SMILES string of the molecule is OC(CN1CCN2CCCCC2C1)c1ccccc1F. The normalized spacial score (nSPS) is 26.2. The van der Waals surface area contributed by atoms with Gasteiger partial charge in [-0.1, -0.05) is 24.6 Å². The quantitative estimate of drug-likeness (QED) is 0.916. The highest BCUT2D eigenvalue weighted by Gasteiger charge is 2.29. The number of aliphatic hydroxyl groups is 1. The lowest BCUT2D eigenvalue weighted by atomic mass is 9.99. The van der Waals surface area contributed by atoms with E-state index in [0.717, 1.165) is 19.6 Å². The highest BCUT2D eigenvalue weighted by atomic mass is 19.1. The van der Waals surface area contributed by atoms with E-state index in [1.807, 2.05) is 0 Å². The minimum absolute atomic E-state index is 0.309. The van der Waals surface area contributed by atoms with Gasteiger partial charge in [-0.15, -0.1) is 0 Å². The van der Waals surface area contributed by atoms with Gasteiger partial charge in [-0.3, -0.25) is 9.80 Å². The Labute approximate surface area is 120 Å². The molecule has 2 fully saturated rings. The van der Waals surface area contributed by atoms with E-state index in [4.69, 9.17) is 0 Å². The van der Waals surface area contributed by atoms with Crippen molar-refractivity contribution >= 4 is 0 Å². The zero-order valence-corrected chi connectivity index (χ0v) is 11.8. The van der Waals surface area contributed by atoms with Crippen molar-refractivity contribution < 1.29 is 9.50 Å². The lowest BCUT2D eigenvalue weighted by Gasteiger charge is -2.44. The van der Waals surface area contributed by atoms with Crippen molar-refractivity contribution in [3.05, 3.63) is 35.6 Å². The lowest BCUT2D eigenvalue weighted by molar-refractivity contribution is 0.0227. The Morgan fingerprint density at radius 3 is 2.90 bits per heavy atom. The molecule has 1 aromatic carbocycles. The number of fused-ring (bicyclic) bond motifs is 1. The molecule has 2 atom stereocenters. The predicted molar refractivity (Wildman–Crippen MR) is 77.0 cm³/mol. The molecule has 2 aliphatic heterocycles. The summed E-state index contributed by atoms with van der Waals surface area (Å²) in [7, 11) is 0. The molecule has 110 valence electrons. The van der Waals surface area contributed by atoms with Crippen LogP contribution in [-0.2, 0) is 0 Å². The van der Waals surface area contributed by atoms with Crippen molar-refractivity contribution in [2.45, 2.75) is 31.4 Å². The van der Waals surface area contributed by atoms with Gasteiger partial charge in [0.2, 0.25) is 0 Å². The molecule has 0 radical (unpaired) electrons. The van der Waals surface area contributed by atoms with Crippen LogP contribution in [0, 0.1) is 5.82 Å². The number of halogens is 1. The fourth-order valence-electron chi connectivity index (χ4n) is 3.47. The molecule has 4 heteroatoms. The number of piperidine rings is 1. The molecule has 0 amide bonds. The van der Waals surface area contributed by atoms with E-state index in [9.17, 15) is 9.50 Å². The van der Waals surface area contributed by atoms with Gasteiger partial charge < -0.3 is 5.11 Å². The first-order valence-electron chi connectivity index (χ1n) is 7.63. The van der Waals surface area contributed by atoms with Crippen molar-refractivity contribution in [1.82, 2.24) is 9.80 Å². The molecule has 0 aliphatic carbocycles. The van der Waals surface area contributed by atoms with E-state index in [-0.39, 0.29) is 5.82 Å². The standard InChI is InChI=1S/C16H23FN2O/c17-15-7-2-1-6-14(15)16(20)12-18-9-10-19-8-4-3-5-13(19)11-18/h1-2,6-7,13,16,20H,3-5,8-12H2. The van der Waals surface area contributed by atoms with Crippen molar-refractivity contribution in [3.63, 3.8) is 0 Å². The number of rotatable bonds is 3. The fraction of sp³-hybridized carbons (Fsp3) is 0.625. The Kier molecular flexibility index (Phi) is 4.34. The van der Waals surface area contributed by atoms with E-state index in [1.165, 1.54) is 31.9 Å². The zero-order valence-electron chi connectivity index (χ0n) is 11.8. The van der Waals surface area contributed by atoms with Crippen LogP contribution in [0.4, 0.5) is 4.39 Å². The summed E-state index contributed by atoms with van der Waals surface area (Å²) in [5.74, 6) is -0.309. The summed E-state index contributed by atoms with van der Waals surface area (Å²) >= 11 is 0.